The molecule has 0 unspecified atom stereocenters. The third-order valence-electron chi connectivity index (χ3n) is 5.74. The van der Waals surface area contributed by atoms with Crippen LogP contribution in [0.1, 0.15) is 32.8 Å². The van der Waals surface area contributed by atoms with Crippen LogP contribution < -0.4 is 14.8 Å². The number of ether oxygens (including phenoxy) is 3. The summed E-state index contributed by atoms with van der Waals surface area (Å²) in [5.41, 5.74) is 1.84. The van der Waals surface area contributed by atoms with Crippen molar-refractivity contribution in [2.24, 2.45) is 0 Å². The normalized spacial score (nSPS) is 17.4. The Kier molecular flexibility index (Phi) is 6.96. The fourth-order valence-corrected chi connectivity index (χ4v) is 5.09. The number of rotatable bonds is 8. The summed E-state index contributed by atoms with van der Waals surface area (Å²) in [6.45, 7) is 0.756. The molecule has 0 bridgehead atoms. The predicted octanol–water partition coefficient (Wildman–Crippen LogP) is 4.33. The standard InChI is InChI=1S/C25H26N2O5S/c1-30-13-12-27-23(21-9-6-14-33-21)22(17-7-4-5-8-18(17)25(27)29)24(28)26-16-10-11-19(31-2)20(15-16)32-3/h4-11,14-15,22-23H,12-13H2,1-3H3,(H,26,28)/t22-,23+/m0/s1. The number of carbonyl (C=O) groups is 2. The van der Waals surface area contributed by atoms with Crippen molar-refractivity contribution in [2.45, 2.75) is 12.0 Å². The summed E-state index contributed by atoms with van der Waals surface area (Å²) in [4.78, 5) is 29.9. The first-order chi connectivity index (χ1) is 16.1. The van der Waals surface area contributed by atoms with E-state index in [0.717, 1.165) is 4.88 Å². The molecule has 2 heterocycles. The molecule has 7 nitrogen and oxygen atoms in total. The van der Waals surface area contributed by atoms with Crippen LogP contribution in [0.3, 0.4) is 0 Å². The van der Waals surface area contributed by atoms with E-state index in [-0.39, 0.29) is 11.8 Å². The largest absolute Gasteiger partial charge is 0.493 e. The van der Waals surface area contributed by atoms with Gasteiger partial charge in [-0.25, -0.2) is 0 Å². The molecule has 0 spiro atoms. The van der Waals surface area contributed by atoms with Crippen molar-refractivity contribution in [3.05, 3.63) is 76.0 Å². The van der Waals surface area contributed by atoms with Crippen molar-refractivity contribution in [1.29, 1.82) is 0 Å². The molecular weight excluding hydrogens is 440 g/mol. The molecule has 0 saturated heterocycles. The summed E-state index contributed by atoms with van der Waals surface area (Å²) < 4.78 is 15.9. The second-order valence-electron chi connectivity index (χ2n) is 7.58. The number of nitrogens with zero attached hydrogens (tertiary/aromatic N) is 1. The van der Waals surface area contributed by atoms with Crippen LogP contribution >= 0.6 is 11.3 Å². The van der Waals surface area contributed by atoms with E-state index in [4.69, 9.17) is 14.2 Å². The molecule has 2 atom stereocenters. The van der Waals surface area contributed by atoms with Gasteiger partial charge in [0.1, 0.15) is 0 Å². The van der Waals surface area contributed by atoms with Crippen LogP contribution in [0.2, 0.25) is 0 Å². The SMILES string of the molecule is COCCN1C(=O)c2ccccc2[C@H](C(=O)Nc2ccc(OC)c(OC)c2)[C@H]1c1cccs1. The van der Waals surface area contributed by atoms with E-state index in [1.807, 2.05) is 35.7 Å². The number of amides is 2. The summed E-state index contributed by atoms with van der Waals surface area (Å²) in [6, 6.07) is 16.0. The van der Waals surface area contributed by atoms with Gasteiger partial charge in [0.2, 0.25) is 5.91 Å². The number of anilines is 1. The first-order valence-corrected chi connectivity index (χ1v) is 11.4. The molecule has 1 aliphatic heterocycles. The fourth-order valence-electron chi connectivity index (χ4n) is 4.22. The van der Waals surface area contributed by atoms with Gasteiger partial charge in [-0.3, -0.25) is 9.59 Å². The average Bonchev–Trinajstić information content (AvgIpc) is 3.37. The van der Waals surface area contributed by atoms with E-state index in [1.165, 1.54) is 11.3 Å². The van der Waals surface area contributed by atoms with Gasteiger partial charge in [-0.15, -0.1) is 11.3 Å². The van der Waals surface area contributed by atoms with E-state index in [9.17, 15) is 9.59 Å². The number of thiophene rings is 1. The highest BCUT2D eigenvalue weighted by molar-refractivity contribution is 7.10. The molecule has 4 rings (SSSR count). The van der Waals surface area contributed by atoms with Crippen LogP contribution in [0, 0.1) is 0 Å². The molecule has 2 amide bonds. The van der Waals surface area contributed by atoms with Gasteiger partial charge in [0.25, 0.3) is 5.91 Å². The Labute approximate surface area is 196 Å². The molecule has 0 radical (unpaired) electrons. The third kappa shape index (κ3) is 4.44. The molecule has 0 aliphatic carbocycles. The molecule has 1 aliphatic rings. The minimum absolute atomic E-state index is 0.101. The number of hydrogen-bond acceptors (Lipinski definition) is 6. The van der Waals surface area contributed by atoms with Gasteiger partial charge < -0.3 is 24.4 Å². The topological polar surface area (TPSA) is 77.1 Å². The molecular formula is C25H26N2O5S. The van der Waals surface area contributed by atoms with E-state index in [1.54, 1.807) is 50.5 Å². The van der Waals surface area contributed by atoms with Crippen molar-refractivity contribution in [1.82, 2.24) is 4.90 Å². The number of nitrogens with one attached hydrogen (secondary N) is 1. The zero-order valence-electron chi connectivity index (χ0n) is 18.7. The Morgan fingerprint density at radius 2 is 1.82 bits per heavy atom. The van der Waals surface area contributed by atoms with Crippen LogP contribution in [0.4, 0.5) is 5.69 Å². The summed E-state index contributed by atoms with van der Waals surface area (Å²) in [7, 11) is 4.71. The van der Waals surface area contributed by atoms with E-state index >= 15 is 0 Å². The van der Waals surface area contributed by atoms with Gasteiger partial charge in [-0.2, -0.15) is 0 Å². The Hall–Kier alpha value is -3.36. The molecule has 0 saturated carbocycles. The highest BCUT2D eigenvalue weighted by Crippen LogP contribution is 2.44. The van der Waals surface area contributed by atoms with Crippen molar-refractivity contribution in [2.75, 3.05) is 39.8 Å². The smallest absolute Gasteiger partial charge is 0.254 e. The Morgan fingerprint density at radius 1 is 1.03 bits per heavy atom. The van der Waals surface area contributed by atoms with Gasteiger partial charge in [0, 0.05) is 35.8 Å². The molecule has 33 heavy (non-hydrogen) atoms. The highest BCUT2D eigenvalue weighted by Gasteiger charge is 2.44. The van der Waals surface area contributed by atoms with Crippen molar-refractivity contribution in [3.8, 4) is 11.5 Å². The zero-order chi connectivity index (χ0) is 23.4. The lowest BCUT2D eigenvalue weighted by atomic mass is 9.81. The van der Waals surface area contributed by atoms with Crippen LogP contribution in [-0.4, -0.2) is 51.2 Å². The average molecular weight is 467 g/mol. The molecule has 172 valence electrons. The summed E-state index contributed by atoms with van der Waals surface area (Å²) in [5, 5.41) is 4.98. The number of carbonyl (C=O) groups excluding carboxylic acids is 2. The quantitative estimate of drug-likeness (QED) is 0.535. The maximum Gasteiger partial charge on any atom is 0.254 e. The van der Waals surface area contributed by atoms with Gasteiger partial charge in [0.05, 0.1) is 32.8 Å². The van der Waals surface area contributed by atoms with E-state index < -0.39 is 12.0 Å². The lowest BCUT2D eigenvalue weighted by molar-refractivity contribution is -0.119. The zero-order valence-corrected chi connectivity index (χ0v) is 19.6. The monoisotopic (exact) mass is 466 g/mol. The maximum absolute atomic E-state index is 13.8. The van der Waals surface area contributed by atoms with E-state index in [0.29, 0.717) is 41.5 Å². The Morgan fingerprint density at radius 3 is 2.52 bits per heavy atom. The Balaban J connectivity index is 1.76. The minimum Gasteiger partial charge on any atom is -0.493 e. The molecule has 1 N–H and O–H groups in total. The molecule has 2 aromatic carbocycles. The number of methoxy groups -OCH3 is 3. The lowest BCUT2D eigenvalue weighted by Gasteiger charge is -2.41. The molecule has 1 aromatic heterocycles. The molecule has 0 fully saturated rings. The maximum atomic E-state index is 13.8. The van der Waals surface area contributed by atoms with E-state index in [2.05, 4.69) is 5.32 Å². The second-order valence-corrected chi connectivity index (χ2v) is 8.55. The summed E-state index contributed by atoms with van der Waals surface area (Å²) in [6.07, 6.45) is 0. The van der Waals surface area contributed by atoms with Crippen molar-refractivity contribution >= 4 is 28.8 Å². The Bertz CT molecular complexity index is 1130. The lowest BCUT2D eigenvalue weighted by Crippen LogP contribution is -2.47. The second kappa shape index (κ2) is 10.1. The van der Waals surface area contributed by atoms with Gasteiger partial charge in [0.15, 0.2) is 11.5 Å². The van der Waals surface area contributed by atoms with Gasteiger partial charge >= 0.3 is 0 Å². The predicted molar refractivity (Wildman–Crippen MR) is 127 cm³/mol. The summed E-state index contributed by atoms with van der Waals surface area (Å²) in [5.74, 6) is 0.194. The van der Waals surface area contributed by atoms with Crippen LogP contribution in [0.15, 0.2) is 60.0 Å². The first kappa shape index (κ1) is 22.8. The number of hydrogen-bond donors (Lipinski definition) is 1. The van der Waals surface area contributed by atoms with Gasteiger partial charge in [-0.05, 0) is 35.2 Å². The molecule has 3 aromatic rings. The fraction of sp³-hybridized carbons (Fsp3) is 0.280. The van der Waals surface area contributed by atoms with Crippen LogP contribution in [-0.2, 0) is 9.53 Å². The number of fused-ring (bicyclic) bond motifs is 1. The third-order valence-corrected chi connectivity index (χ3v) is 6.69. The van der Waals surface area contributed by atoms with Crippen molar-refractivity contribution < 1.29 is 23.8 Å². The summed E-state index contributed by atoms with van der Waals surface area (Å²) >= 11 is 1.53. The minimum atomic E-state index is -0.595. The van der Waals surface area contributed by atoms with Gasteiger partial charge in [-0.1, -0.05) is 24.3 Å². The molecule has 8 heteroatoms. The van der Waals surface area contributed by atoms with Crippen molar-refractivity contribution in [3.63, 3.8) is 0 Å². The highest BCUT2D eigenvalue weighted by atomic mass is 32.1. The van der Waals surface area contributed by atoms with Crippen LogP contribution in [0.25, 0.3) is 0 Å². The van der Waals surface area contributed by atoms with Crippen LogP contribution in [0.5, 0.6) is 11.5 Å². The first-order valence-electron chi connectivity index (χ1n) is 10.5. The number of benzene rings is 2.